The summed E-state index contributed by atoms with van der Waals surface area (Å²) in [7, 11) is 0. The van der Waals surface area contributed by atoms with E-state index in [1.807, 2.05) is 0 Å². The van der Waals surface area contributed by atoms with E-state index < -0.39 is 18.4 Å². The van der Waals surface area contributed by atoms with Gasteiger partial charge in [0.25, 0.3) is 0 Å². The molecule has 0 aliphatic heterocycles. The van der Waals surface area contributed by atoms with Crippen molar-refractivity contribution in [2.45, 2.75) is 55.4 Å². The molecule has 0 aromatic heterocycles. The number of benzene rings is 4. The molecule has 4 aromatic rings. The molecule has 0 saturated heterocycles. The van der Waals surface area contributed by atoms with Gasteiger partial charge in [-0.3, -0.25) is 0 Å². The summed E-state index contributed by atoms with van der Waals surface area (Å²) in [6.45, 7) is 18.1. The van der Waals surface area contributed by atoms with Crippen LogP contribution in [0.5, 0.6) is 0 Å². The molecule has 0 saturated carbocycles. The molecule has 0 nitrogen and oxygen atoms in total. The topological polar surface area (TPSA) is 0 Å². The van der Waals surface area contributed by atoms with E-state index in [1.165, 1.54) is 44.5 Å². The summed E-state index contributed by atoms with van der Waals surface area (Å²) in [5, 5.41) is 0. The van der Waals surface area contributed by atoms with Crippen LogP contribution in [0.2, 0.25) is 0 Å². The fourth-order valence-electron chi connectivity index (χ4n) is 5.81. The molecule has 0 bridgehead atoms. The Bertz CT molecular complexity index is 1130. The Kier molecular flexibility index (Phi) is 6.60. The van der Waals surface area contributed by atoms with Crippen LogP contribution in [0.25, 0.3) is 0 Å². The fourth-order valence-corrected chi connectivity index (χ4v) is 22.2. The average Bonchev–Trinajstić information content (AvgIpc) is 2.72. The molecule has 4 rings (SSSR count). The molecule has 0 amide bonds. The normalized spacial score (nSPS) is 11.6. The second-order valence-electron chi connectivity index (χ2n) is 10.0. The molecule has 0 unspecified atom stereocenters. The van der Waals surface area contributed by atoms with Gasteiger partial charge in [-0.15, -0.1) is 0 Å². The third-order valence-corrected chi connectivity index (χ3v) is 22.8. The van der Waals surface area contributed by atoms with E-state index in [1.54, 1.807) is 14.3 Å². The van der Waals surface area contributed by atoms with Crippen molar-refractivity contribution in [3.63, 3.8) is 0 Å². The fraction of sp³-hybridized carbons (Fsp3) is 0.250. The Balaban J connectivity index is 2.28. The molecule has 0 aliphatic carbocycles. The molecule has 0 fully saturated rings. The van der Waals surface area contributed by atoms with Gasteiger partial charge in [-0.1, -0.05) is 0 Å². The molecule has 4 aromatic carbocycles. The number of rotatable bonds is 4. The first kappa shape index (κ1) is 23.8. The van der Waals surface area contributed by atoms with Crippen LogP contribution in [0.3, 0.4) is 0 Å². The van der Waals surface area contributed by atoms with E-state index in [9.17, 15) is 0 Å². The minimum atomic E-state index is -3.68. The van der Waals surface area contributed by atoms with Crippen LogP contribution in [0, 0.1) is 55.4 Å². The predicted octanol–water partition coefficient (Wildman–Crippen LogP) is 5.53. The van der Waals surface area contributed by atoms with Gasteiger partial charge >= 0.3 is 205 Å². The molecule has 168 valence electrons. The molecule has 0 spiro atoms. The van der Waals surface area contributed by atoms with E-state index in [-0.39, 0.29) is 0 Å². The molecule has 0 radical (unpaired) electrons. The Morgan fingerprint density at radius 1 is 0.333 bits per heavy atom. The number of hydrogen-bond acceptors (Lipinski definition) is 0. The van der Waals surface area contributed by atoms with Crippen LogP contribution in [0.4, 0.5) is 0 Å². The summed E-state index contributed by atoms with van der Waals surface area (Å²) < 4.78 is 6.28. The Morgan fingerprint density at radius 3 is 0.727 bits per heavy atom. The van der Waals surface area contributed by atoms with Gasteiger partial charge in [-0.25, -0.2) is 0 Å². The van der Waals surface area contributed by atoms with Crippen molar-refractivity contribution >= 4 is 32.7 Å². The van der Waals surface area contributed by atoms with Crippen LogP contribution in [0.15, 0.2) is 72.8 Å². The third kappa shape index (κ3) is 4.19. The summed E-state index contributed by atoms with van der Waals surface area (Å²) in [6, 6.07) is 28.7. The summed E-state index contributed by atoms with van der Waals surface area (Å²) in [5.74, 6) is 0. The van der Waals surface area contributed by atoms with E-state index >= 15 is 0 Å². The maximum absolute atomic E-state index is 3.68. The molecule has 33 heavy (non-hydrogen) atoms. The van der Waals surface area contributed by atoms with Crippen molar-refractivity contribution in [3.8, 4) is 0 Å². The Hall–Kier alpha value is -2.32. The van der Waals surface area contributed by atoms with Gasteiger partial charge in [0.15, 0.2) is 0 Å². The molecule has 0 N–H and O–H groups in total. The molecule has 1 heteroatoms. The SMILES string of the molecule is Cc1cc[c]([Sn]([c]2ccc(C)cc2C)([c]2ccc(C)cc2C)[c]2ccc(C)cc2C)c(C)c1. The first-order valence-corrected chi connectivity index (χ1v) is 17.7. The second kappa shape index (κ2) is 9.14. The van der Waals surface area contributed by atoms with Crippen LogP contribution >= 0.6 is 0 Å². The van der Waals surface area contributed by atoms with Crippen molar-refractivity contribution in [1.29, 1.82) is 0 Å². The van der Waals surface area contributed by atoms with E-state index in [0.717, 1.165) is 0 Å². The Labute approximate surface area is 204 Å². The van der Waals surface area contributed by atoms with Gasteiger partial charge in [0.2, 0.25) is 0 Å². The van der Waals surface area contributed by atoms with Crippen molar-refractivity contribution in [2.24, 2.45) is 0 Å². The molecule has 0 heterocycles. The standard InChI is InChI=1S/4C8H9.Sn/c4*1-7-4-3-5-8(2)6-7;/h4*3-4,6H,1-2H3;. The summed E-state index contributed by atoms with van der Waals surface area (Å²) in [5.41, 5.74) is 11.0. The maximum atomic E-state index is 2.46. The van der Waals surface area contributed by atoms with Gasteiger partial charge in [-0.05, 0) is 0 Å². The van der Waals surface area contributed by atoms with E-state index in [4.69, 9.17) is 0 Å². The first-order valence-electron chi connectivity index (χ1n) is 12.0. The number of aryl methyl sites for hydroxylation is 8. The van der Waals surface area contributed by atoms with Gasteiger partial charge in [0.05, 0.1) is 0 Å². The van der Waals surface area contributed by atoms with Crippen LogP contribution in [-0.2, 0) is 0 Å². The van der Waals surface area contributed by atoms with Crippen molar-refractivity contribution < 1.29 is 0 Å². The second-order valence-corrected chi connectivity index (χ2v) is 20.5. The van der Waals surface area contributed by atoms with Crippen molar-refractivity contribution in [2.75, 3.05) is 0 Å². The Morgan fingerprint density at radius 2 is 0.545 bits per heavy atom. The monoisotopic (exact) mass is 540 g/mol. The summed E-state index contributed by atoms with van der Waals surface area (Å²) in [4.78, 5) is 0. The minimum absolute atomic E-state index is 1.33. The number of hydrogen-bond donors (Lipinski definition) is 0. The zero-order valence-corrected chi connectivity index (χ0v) is 24.3. The van der Waals surface area contributed by atoms with Gasteiger partial charge in [-0.2, -0.15) is 0 Å². The predicted molar refractivity (Wildman–Crippen MR) is 148 cm³/mol. The van der Waals surface area contributed by atoms with Gasteiger partial charge in [0, 0.05) is 0 Å². The van der Waals surface area contributed by atoms with Crippen LogP contribution in [0.1, 0.15) is 44.5 Å². The van der Waals surface area contributed by atoms with Crippen molar-refractivity contribution in [1.82, 2.24) is 0 Å². The zero-order valence-electron chi connectivity index (χ0n) is 21.4. The summed E-state index contributed by atoms with van der Waals surface area (Å²) >= 11 is -3.68. The molecular formula is C32H36Sn. The average molecular weight is 539 g/mol. The van der Waals surface area contributed by atoms with Crippen LogP contribution in [-0.4, -0.2) is 18.4 Å². The van der Waals surface area contributed by atoms with Crippen molar-refractivity contribution in [3.05, 3.63) is 117 Å². The molecule has 0 aliphatic rings. The van der Waals surface area contributed by atoms with E-state index in [2.05, 4.69) is 128 Å². The van der Waals surface area contributed by atoms with Crippen LogP contribution < -0.4 is 14.3 Å². The quantitative estimate of drug-likeness (QED) is 0.300. The molecule has 0 atom stereocenters. The van der Waals surface area contributed by atoms with Gasteiger partial charge < -0.3 is 0 Å². The third-order valence-electron chi connectivity index (χ3n) is 7.14. The zero-order chi connectivity index (χ0) is 23.9. The van der Waals surface area contributed by atoms with E-state index in [0.29, 0.717) is 0 Å². The summed E-state index contributed by atoms with van der Waals surface area (Å²) in [6.07, 6.45) is 0. The van der Waals surface area contributed by atoms with Gasteiger partial charge in [0.1, 0.15) is 0 Å². The first-order chi connectivity index (χ1) is 15.6. The molecular weight excluding hydrogens is 503 g/mol.